The lowest BCUT2D eigenvalue weighted by atomic mass is 9.98. The third-order valence-corrected chi connectivity index (χ3v) is 5.25. The zero-order chi connectivity index (χ0) is 16.5. The summed E-state index contributed by atoms with van der Waals surface area (Å²) in [7, 11) is 0. The van der Waals surface area contributed by atoms with Crippen LogP contribution in [-0.2, 0) is 0 Å². The molecule has 5 heteroatoms. The maximum absolute atomic E-state index is 13.2. The van der Waals surface area contributed by atoms with Crippen LogP contribution in [0.5, 0.6) is 0 Å². The second kappa shape index (κ2) is 6.40. The summed E-state index contributed by atoms with van der Waals surface area (Å²) in [5.41, 5.74) is 2.20. The number of amides is 1. The van der Waals surface area contributed by atoms with E-state index in [1.165, 1.54) is 25.8 Å². The summed E-state index contributed by atoms with van der Waals surface area (Å²) in [6, 6.07) is 10.3. The van der Waals surface area contributed by atoms with Crippen LogP contribution in [0.1, 0.15) is 35.4 Å². The summed E-state index contributed by atoms with van der Waals surface area (Å²) >= 11 is 0. The first-order chi connectivity index (χ1) is 11.7. The van der Waals surface area contributed by atoms with Crippen molar-refractivity contribution in [3.05, 3.63) is 41.7 Å². The fourth-order valence-corrected chi connectivity index (χ4v) is 3.92. The lowest BCUT2D eigenvalue weighted by Crippen LogP contribution is -2.56. The minimum Gasteiger partial charge on any atom is -0.360 e. The highest BCUT2D eigenvalue weighted by molar-refractivity contribution is 6.00. The van der Waals surface area contributed by atoms with E-state index in [2.05, 4.69) is 10.1 Å². The topological polar surface area (TPSA) is 49.6 Å². The molecule has 2 aliphatic rings. The van der Waals surface area contributed by atoms with Crippen molar-refractivity contribution in [3.8, 4) is 11.3 Å². The van der Waals surface area contributed by atoms with Crippen LogP contribution in [0.15, 0.2) is 34.9 Å². The Morgan fingerprint density at radius 1 is 1.17 bits per heavy atom. The molecule has 1 aromatic heterocycles. The molecule has 2 aliphatic heterocycles. The summed E-state index contributed by atoms with van der Waals surface area (Å²) < 4.78 is 5.36. The molecule has 0 radical (unpaired) electrons. The van der Waals surface area contributed by atoms with Gasteiger partial charge in [0, 0.05) is 31.2 Å². The average molecular weight is 325 g/mol. The molecule has 5 nitrogen and oxygen atoms in total. The molecular formula is C19H23N3O2. The minimum absolute atomic E-state index is 0.0535. The third-order valence-electron chi connectivity index (χ3n) is 5.25. The first kappa shape index (κ1) is 15.4. The van der Waals surface area contributed by atoms with Crippen LogP contribution < -0.4 is 0 Å². The van der Waals surface area contributed by atoms with Gasteiger partial charge in [-0.25, -0.2) is 0 Å². The third kappa shape index (κ3) is 2.73. The van der Waals surface area contributed by atoms with E-state index >= 15 is 0 Å². The van der Waals surface area contributed by atoms with Crippen molar-refractivity contribution in [1.82, 2.24) is 15.0 Å². The number of fused-ring (bicyclic) bond motifs is 1. The van der Waals surface area contributed by atoms with Crippen molar-refractivity contribution in [2.24, 2.45) is 0 Å². The van der Waals surface area contributed by atoms with Crippen LogP contribution in [0.3, 0.4) is 0 Å². The number of benzene rings is 1. The number of aromatic nitrogens is 1. The van der Waals surface area contributed by atoms with Gasteiger partial charge in [0.15, 0.2) is 0 Å². The predicted molar refractivity (Wildman–Crippen MR) is 91.8 cm³/mol. The highest BCUT2D eigenvalue weighted by Crippen LogP contribution is 2.28. The fraction of sp³-hybridized carbons (Fsp3) is 0.474. The van der Waals surface area contributed by atoms with Gasteiger partial charge in [-0.05, 0) is 26.3 Å². The molecule has 126 valence electrons. The van der Waals surface area contributed by atoms with Crippen molar-refractivity contribution in [1.29, 1.82) is 0 Å². The summed E-state index contributed by atoms with van der Waals surface area (Å²) in [5, 5.41) is 4.15. The van der Waals surface area contributed by atoms with E-state index in [4.69, 9.17) is 4.52 Å². The summed E-state index contributed by atoms with van der Waals surface area (Å²) in [6.45, 7) is 5.57. The molecule has 1 unspecified atom stereocenters. The largest absolute Gasteiger partial charge is 0.360 e. The van der Waals surface area contributed by atoms with Gasteiger partial charge >= 0.3 is 0 Å². The van der Waals surface area contributed by atoms with Crippen LogP contribution >= 0.6 is 0 Å². The number of carbonyl (C=O) groups is 1. The zero-order valence-corrected chi connectivity index (χ0v) is 14.1. The number of piperazine rings is 1. The molecule has 1 amide bonds. The minimum atomic E-state index is 0.0535. The van der Waals surface area contributed by atoms with E-state index in [1.54, 1.807) is 0 Å². The first-order valence-corrected chi connectivity index (χ1v) is 8.79. The van der Waals surface area contributed by atoms with Gasteiger partial charge in [0.25, 0.3) is 5.91 Å². The Labute approximate surface area is 142 Å². The number of carbonyl (C=O) groups excluding carboxylic acids is 1. The molecule has 1 atom stereocenters. The Hall–Kier alpha value is -2.14. The van der Waals surface area contributed by atoms with Crippen molar-refractivity contribution < 1.29 is 9.32 Å². The molecule has 2 aromatic rings. The van der Waals surface area contributed by atoms with E-state index in [9.17, 15) is 4.79 Å². The van der Waals surface area contributed by atoms with Crippen molar-refractivity contribution in [2.45, 2.75) is 32.2 Å². The van der Waals surface area contributed by atoms with Crippen LogP contribution in [-0.4, -0.2) is 53.1 Å². The summed E-state index contributed by atoms with van der Waals surface area (Å²) in [6.07, 6.45) is 3.75. The zero-order valence-electron chi connectivity index (χ0n) is 14.1. The van der Waals surface area contributed by atoms with Gasteiger partial charge in [-0.15, -0.1) is 0 Å². The molecule has 0 N–H and O–H groups in total. The smallest absolute Gasteiger partial charge is 0.259 e. The van der Waals surface area contributed by atoms with Gasteiger partial charge < -0.3 is 9.42 Å². The quantitative estimate of drug-likeness (QED) is 0.852. The maximum atomic E-state index is 13.2. The molecule has 24 heavy (non-hydrogen) atoms. The molecule has 2 saturated heterocycles. The second-order valence-electron chi connectivity index (χ2n) is 6.77. The van der Waals surface area contributed by atoms with Crippen molar-refractivity contribution >= 4 is 5.91 Å². The monoisotopic (exact) mass is 325 g/mol. The Morgan fingerprint density at radius 2 is 2.00 bits per heavy atom. The molecule has 4 rings (SSSR count). The lowest BCUT2D eigenvalue weighted by molar-refractivity contribution is 0.0372. The lowest BCUT2D eigenvalue weighted by Gasteiger charge is -2.44. The average Bonchev–Trinajstić information content (AvgIpc) is 3.03. The Kier molecular flexibility index (Phi) is 4.10. The molecule has 3 heterocycles. The van der Waals surface area contributed by atoms with Gasteiger partial charge in [-0.1, -0.05) is 41.9 Å². The van der Waals surface area contributed by atoms with Gasteiger partial charge in [-0.3, -0.25) is 9.69 Å². The number of piperidine rings is 1. The number of nitrogens with zero attached hydrogens (tertiary/aromatic N) is 3. The SMILES string of the molecule is Cc1onc(-c2ccccc2)c1C(=O)N1CCN2CCCCC2C1. The normalized spacial score (nSPS) is 21.5. The van der Waals surface area contributed by atoms with E-state index in [1.807, 2.05) is 42.2 Å². The summed E-state index contributed by atoms with van der Waals surface area (Å²) in [5.74, 6) is 0.655. The predicted octanol–water partition coefficient (Wildman–Crippen LogP) is 2.96. The Bertz CT molecular complexity index is 725. The molecule has 1 aromatic carbocycles. The van der Waals surface area contributed by atoms with Crippen molar-refractivity contribution in [2.75, 3.05) is 26.2 Å². The second-order valence-corrected chi connectivity index (χ2v) is 6.77. The van der Waals surface area contributed by atoms with Gasteiger partial charge in [0.05, 0.1) is 0 Å². The fourth-order valence-electron chi connectivity index (χ4n) is 3.92. The van der Waals surface area contributed by atoms with Gasteiger partial charge in [0.2, 0.25) is 0 Å². The maximum Gasteiger partial charge on any atom is 0.259 e. The molecule has 0 aliphatic carbocycles. The van der Waals surface area contributed by atoms with Crippen molar-refractivity contribution in [3.63, 3.8) is 0 Å². The number of hydrogen-bond acceptors (Lipinski definition) is 4. The van der Waals surface area contributed by atoms with Crippen LogP contribution in [0.25, 0.3) is 11.3 Å². The van der Waals surface area contributed by atoms with Crippen LogP contribution in [0, 0.1) is 6.92 Å². The molecule has 0 spiro atoms. The Balaban J connectivity index is 1.60. The standard InChI is InChI=1S/C19H23N3O2/c1-14-17(18(20-24-14)15-7-3-2-4-8-15)19(23)22-12-11-21-10-6-5-9-16(21)13-22/h2-4,7-8,16H,5-6,9-13H2,1H3. The van der Waals surface area contributed by atoms with E-state index < -0.39 is 0 Å². The van der Waals surface area contributed by atoms with Crippen LogP contribution in [0.4, 0.5) is 0 Å². The molecular weight excluding hydrogens is 302 g/mol. The number of rotatable bonds is 2. The van der Waals surface area contributed by atoms with Gasteiger partial charge in [-0.2, -0.15) is 0 Å². The van der Waals surface area contributed by atoms with E-state index in [0.29, 0.717) is 23.1 Å². The number of hydrogen-bond donors (Lipinski definition) is 0. The number of aryl methyl sites for hydroxylation is 1. The Morgan fingerprint density at radius 3 is 2.83 bits per heavy atom. The molecule has 0 saturated carbocycles. The first-order valence-electron chi connectivity index (χ1n) is 8.79. The van der Waals surface area contributed by atoms with E-state index in [0.717, 1.165) is 25.2 Å². The summed E-state index contributed by atoms with van der Waals surface area (Å²) in [4.78, 5) is 17.7. The molecule has 2 fully saturated rings. The van der Waals surface area contributed by atoms with Gasteiger partial charge in [0.1, 0.15) is 17.0 Å². The van der Waals surface area contributed by atoms with E-state index in [-0.39, 0.29) is 5.91 Å². The van der Waals surface area contributed by atoms with Crippen LogP contribution in [0.2, 0.25) is 0 Å². The highest BCUT2D eigenvalue weighted by Gasteiger charge is 2.33. The highest BCUT2D eigenvalue weighted by atomic mass is 16.5. The molecule has 0 bridgehead atoms.